The van der Waals surface area contributed by atoms with Crippen LogP contribution in [-0.2, 0) is 11.3 Å². The van der Waals surface area contributed by atoms with Crippen LogP contribution >= 0.6 is 0 Å². The highest BCUT2D eigenvalue weighted by Crippen LogP contribution is 2.15. The average Bonchev–Trinajstić information content (AvgIpc) is 2.89. The minimum Gasteiger partial charge on any atom is -0.382 e. The number of hydrogen-bond acceptors (Lipinski definition) is 4. The molecular formula is C13H24N4O. The lowest BCUT2D eigenvalue weighted by Crippen LogP contribution is -2.34. The normalized spacial score (nSPS) is 20.3. The number of rotatable bonds is 6. The number of aromatic nitrogens is 2. The highest BCUT2D eigenvalue weighted by Gasteiger charge is 2.16. The molecule has 0 spiro atoms. The first-order valence-electron chi connectivity index (χ1n) is 6.70. The molecular weight excluding hydrogens is 228 g/mol. The first-order chi connectivity index (χ1) is 8.53. The van der Waals surface area contributed by atoms with E-state index in [0.717, 1.165) is 38.2 Å². The average molecular weight is 252 g/mol. The van der Waals surface area contributed by atoms with E-state index in [1.807, 2.05) is 30.9 Å². The van der Waals surface area contributed by atoms with Crippen molar-refractivity contribution in [2.24, 2.45) is 5.73 Å². The molecule has 1 unspecified atom stereocenters. The molecule has 18 heavy (non-hydrogen) atoms. The Morgan fingerprint density at radius 3 is 3.11 bits per heavy atom. The molecule has 1 aromatic heterocycles. The van der Waals surface area contributed by atoms with Gasteiger partial charge in [-0.2, -0.15) is 5.10 Å². The Labute approximate surface area is 109 Å². The number of hydrogen-bond donors (Lipinski definition) is 2. The van der Waals surface area contributed by atoms with Gasteiger partial charge in [-0.1, -0.05) is 0 Å². The van der Waals surface area contributed by atoms with E-state index in [1.54, 1.807) is 0 Å². The van der Waals surface area contributed by atoms with E-state index in [2.05, 4.69) is 10.4 Å². The van der Waals surface area contributed by atoms with Gasteiger partial charge in [0.05, 0.1) is 24.5 Å². The van der Waals surface area contributed by atoms with Gasteiger partial charge in [0.1, 0.15) is 0 Å². The first-order valence-corrected chi connectivity index (χ1v) is 6.70. The molecule has 1 atom stereocenters. The van der Waals surface area contributed by atoms with Crippen LogP contribution in [0.25, 0.3) is 0 Å². The smallest absolute Gasteiger partial charge is 0.0771 e. The van der Waals surface area contributed by atoms with Crippen molar-refractivity contribution in [3.63, 3.8) is 0 Å². The molecule has 0 aliphatic carbocycles. The van der Waals surface area contributed by atoms with Crippen LogP contribution in [0, 0.1) is 0 Å². The summed E-state index contributed by atoms with van der Waals surface area (Å²) in [6, 6.07) is 0. The van der Waals surface area contributed by atoms with E-state index in [4.69, 9.17) is 10.5 Å². The van der Waals surface area contributed by atoms with Crippen LogP contribution in [0.5, 0.6) is 0 Å². The highest BCUT2D eigenvalue weighted by molar-refractivity contribution is 5.37. The first kappa shape index (κ1) is 13.4. The standard InChI is InChI=1S/C13H24N4O/c1-13(2,14)5-6-15-11-8-16-17(9-11)10-12-4-3-7-18-12/h8-9,12,15H,3-7,10,14H2,1-2H3. The summed E-state index contributed by atoms with van der Waals surface area (Å²) in [6.45, 7) is 6.69. The van der Waals surface area contributed by atoms with Gasteiger partial charge in [0.25, 0.3) is 0 Å². The second-order valence-corrected chi connectivity index (χ2v) is 5.75. The van der Waals surface area contributed by atoms with Crippen LogP contribution in [0.4, 0.5) is 5.69 Å². The summed E-state index contributed by atoms with van der Waals surface area (Å²) in [5, 5.41) is 7.68. The molecule has 0 saturated carbocycles. The van der Waals surface area contributed by atoms with Crippen LogP contribution in [0.15, 0.2) is 12.4 Å². The molecule has 3 N–H and O–H groups in total. The second-order valence-electron chi connectivity index (χ2n) is 5.75. The van der Waals surface area contributed by atoms with Crippen LogP contribution in [-0.4, -0.2) is 34.6 Å². The summed E-state index contributed by atoms with van der Waals surface area (Å²) in [6.07, 6.45) is 7.47. The van der Waals surface area contributed by atoms with Crippen molar-refractivity contribution >= 4 is 5.69 Å². The zero-order valence-electron chi connectivity index (χ0n) is 11.4. The van der Waals surface area contributed by atoms with Crippen LogP contribution in [0.3, 0.4) is 0 Å². The number of ether oxygens (including phenoxy) is 1. The van der Waals surface area contributed by atoms with Gasteiger partial charge in [-0.25, -0.2) is 0 Å². The Balaban J connectivity index is 1.75. The minimum atomic E-state index is -0.124. The molecule has 102 valence electrons. The van der Waals surface area contributed by atoms with Gasteiger partial charge in [0, 0.05) is 24.9 Å². The predicted molar refractivity (Wildman–Crippen MR) is 72.6 cm³/mol. The monoisotopic (exact) mass is 252 g/mol. The minimum absolute atomic E-state index is 0.124. The Kier molecular flexibility index (Phi) is 4.24. The summed E-state index contributed by atoms with van der Waals surface area (Å²) in [4.78, 5) is 0. The number of nitrogens with zero attached hydrogens (tertiary/aromatic N) is 2. The van der Waals surface area contributed by atoms with E-state index in [0.29, 0.717) is 6.10 Å². The fourth-order valence-electron chi connectivity index (χ4n) is 2.08. The fraction of sp³-hybridized carbons (Fsp3) is 0.769. The van der Waals surface area contributed by atoms with E-state index >= 15 is 0 Å². The molecule has 5 nitrogen and oxygen atoms in total. The Hall–Kier alpha value is -1.07. The third-order valence-electron chi connectivity index (χ3n) is 3.15. The molecule has 2 heterocycles. The predicted octanol–water partition coefficient (Wildman–Crippen LogP) is 1.60. The molecule has 0 radical (unpaired) electrons. The van der Waals surface area contributed by atoms with Crippen molar-refractivity contribution in [1.82, 2.24) is 9.78 Å². The van der Waals surface area contributed by atoms with Gasteiger partial charge in [-0.05, 0) is 33.1 Å². The molecule has 0 aromatic carbocycles. The van der Waals surface area contributed by atoms with Crippen molar-refractivity contribution < 1.29 is 4.74 Å². The van der Waals surface area contributed by atoms with Crippen LogP contribution < -0.4 is 11.1 Å². The Morgan fingerprint density at radius 2 is 2.44 bits per heavy atom. The lowest BCUT2D eigenvalue weighted by atomic mass is 10.0. The zero-order chi connectivity index (χ0) is 13.0. The molecule has 2 rings (SSSR count). The molecule has 0 amide bonds. The highest BCUT2D eigenvalue weighted by atomic mass is 16.5. The van der Waals surface area contributed by atoms with E-state index < -0.39 is 0 Å². The molecule has 1 aliphatic heterocycles. The molecule has 1 aromatic rings. The fourth-order valence-corrected chi connectivity index (χ4v) is 2.08. The quantitative estimate of drug-likeness (QED) is 0.807. The second kappa shape index (κ2) is 5.71. The Morgan fingerprint density at radius 1 is 1.61 bits per heavy atom. The summed E-state index contributed by atoms with van der Waals surface area (Å²) in [7, 11) is 0. The molecule has 1 aliphatic rings. The zero-order valence-corrected chi connectivity index (χ0v) is 11.4. The van der Waals surface area contributed by atoms with Crippen molar-refractivity contribution in [3.8, 4) is 0 Å². The number of nitrogens with two attached hydrogens (primary N) is 1. The van der Waals surface area contributed by atoms with Crippen molar-refractivity contribution in [2.45, 2.75) is 51.3 Å². The molecule has 5 heteroatoms. The van der Waals surface area contributed by atoms with Crippen molar-refractivity contribution in [3.05, 3.63) is 12.4 Å². The topological polar surface area (TPSA) is 65.1 Å². The molecule has 1 fully saturated rings. The third-order valence-corrected chi connectivity index (χ3v) is 3.15. The van der Waals surface area contributed by atoms with Gasteiger partial charge < -0.3 is 15.8 Å². The summed E-state index contributed by atoms with van der Waals surface area (Å²) in [5.74, 6) is 0. The van der Waals surface area contributed by atoms with Crippen molar-refractivity contribution in [1.29, 1.82) is 0 Å². The Bertz CT molecular complexity index is 363. The van der Waals surface area contributed by atoms with Crippen molar-refractivity contribution in [2.75, 3.05) is 18.5 Å². The maximum Gasteiger partial charge on any atom is 0.0771 e. The lowest BCUT2D eigenvalue weighted by molar-refractivity contribution is 0.0940. The summed E-state index contributed by atoms with van der Waals surface area (Å²) in [5.41, 5.74) is 6.87. The van der Waals surface area contributed by atoms with E-state index in [-0.39, 0.29) is 5.54 Å². The molecule has 1 saturated heterocycles. The summed E-state index contributed by atoms with van der Waals surface area (Å²) < 4.78 is 7.54. The van der Waals surface area contributed by atoms with E-state index in [1.165, 1.54) is 6.42 Å². The SMILES string of the molecule is CC(C)(N)CCNc1cnn(CC2CCCO2)c1. The third kappa shape index (κ3) is 4.31. The summed E-state index contributed by atoms with van der Waals surface area (Å²) >= 11 is 0. The number of nitrogens with one attached hydrogen (secondary N) is 1. The maximum atomic E-state index is 5.94. The van der Waals surface area contributed by atoms with Gasteiger partial charge in [-0.15, -0.1) is 0 Å². The van der Waals surface area contributed by atoms with Crippen LogP contribution in [0.2, 0.25) is 0 Å². The van der Waals surface area contributed by atoms with Gasteiger partial charge in [-0.3, -0.25) is 4.68 Å². The largest absolute Gasteiger partial charge is 0.382 e. The van der Waals surface area contributed by atoms with Gasteiger partial charge >= 0.3 is 0 Å². The van der Waals surface area contributed by atoms with Crippen LogP contribution in [0.1, 0.15) is 33.1 Å². The van der Waals surface area contributed by atoms with Gasteiger partial charge in [0.2, 0.25) is 0 Å². The maximum absolute atomic E-state index is 5.94. The number of anilines is 1. The lowest BCUT2D eigenvalue weighted by Gasteiger charge is -2.18. The molecule has 0 bridgehead atoms. The van der Waals surface area contributed by atoms with E-state index in [9.17, 15) is 0 Å². The van der Waals surface area contributed by atoms with Gasteiger partial charge in [0.15, 0.2) is 0 Å².